The summed E-state index contributed by atoms with van der Waals surface area (Å²) in [6, 6.07) is 0. The third-order valence-corrected chi connectivity index (χ3v) is 14.2. The standard InChI is InChI=1S/C64H118NO7P/c1-6-8-10-12-14-16-18-20-22-24-26-28-30-32-34-36-38-40-42-44-46-48-50-52-54-56-59-69-61-63(62-71-73(67,68)70-60-58-65(3,4)5)72-64(66)57-55-53-51-49-47-45-43-41-39-37-35-33-31-29-27-25-23-21-19-17-15-13-11-9-7-2/h9,11,15,17-18,20-21,23-24,26-27,29,63H,6-8,10,12-14,16,19,22,25,28,30-62H2,1-5H3/b11-9-,17-15-,20-18-,23-21-,26-24-,29-27-. The van der Waals surface area contributed by atoms with Crippen LogP contribution in [0.2, 0.25) is 0 Å². The molecule has 0 radical (unpaired) electrons. The number of quaternary nitrogens is 1. The van der Waals surface area contributed by atoms with E-state index >= 15 is 0 Å². The smallest absolute Gasteiger partial charge is 0.306 e. The van der Waals surface area contributed by atoms with Gasteiger partial charge >= 0.3 is 5.97 Å². The van der Waals surface area contributed by atoms with Crippen LogP contribution in [0, 0.1) is 0 Å². The third kappa shape index (κ3) is 60.7. The highest BCUT2D eigenvalue weighted by Gasteiger charge is 2.20. The van der Waals surface area contributed by atoms with Crippen LogP contribution in [0.4, 0.5) is 0 Å². The van der Waals surface area contributed by atoms with Gasteiger partial charge in [-0.05, 0) is 83.5 Å². The average Bonchev–Trinajstić information content (AvgIpc) is 3.35. The van der Waals surface area contributed by atoms with Gasteiger partial charge in [-0.15, -0.1) is 0 Å². The minimum absolute atomic E-state index is 0.0241. The number of allylic oxidation sites excluding steroid dienone is 12. The summed E-state index contributed by atoms with van der Waals surface area (Å²) in [7, 11) is 1.36. The maximum Gasteiger partial charge on any atom is 0.306 e. The fraction of sp³-hybridized carbons (Fsp3) is 0.797. The van der Waals surface area contributed by atoms with Gasteiger partial charge in [0.15, 0.2) is 0 Å². The van der Waals surface area contributed by atoms with Gasteiger partial charge in [0.1, 0.15) is 19.3 Å². The van der Waals surface area contributed by atoms with Crippen molar-refractivity contribution >= 4 is 13.8 Å². The molecule has 8 nitrogen and oxygen atoms in total. The normalized spacial score (nSPS) is 13.9. The average molecular weight is 1040 g/mol. The predicted octanol–water partition coefficient (Wildman–Crippen LogP) is 19.1. The monoisotopic (exact) mass is 1040 g/mol. The van der Waals surface area contributed by atoms with Gasteiger partial charge in [0.25, 0.3) is 7.82 Å². The Morgan fingerprint density at radius 1 is 0.438 bits per heavy atom. The summed E-state index contributed by atoms with van der Waals surface area (Å²) in [4.78, 5) is 25.3. The van der Waals surface area contributed by atoms with E-state index in [9.17, 15) is 14.3 Å². The van der Waals surface area contributed by atoms with Gasteiger partial charge in [0, 0.05) is 13.0 Å². The maximum absolute atomic E-state index is 12.8. The van der Waals surface area contributed by atoms with E-state index in [1.807, 2.05) is 21.1 Å². The van der Waals surface area contributed by atoms with E-state index in [4.69, 9.17) is 18.5 Å². The fourth-order valence-corrected chi connectivity index (χ4v) is 9.30. The Balaban J connectivity index is 4.04. The number of hydrogen-bond acceptors (Lipinski definition) is 7. The van der Waals surface area contributed by atoms with E-state index in [-0.39, 0.29) is 25.8 Å². The molecule has 0 aliphatic carbocycles. The van der Waals surface area contributed by atoms with Gasteiger partial charge in [-0.2, -0.15) is 0 Å². The highest BCUT2D eigenvalue weighted by Crippen LogP contribution is 2.38. The summed E-state index contributed by atoms with van der Waals surface area (Å²) in [6.07, 6.45) is 75.2. The van der Waals surface area contributed by atoms with Gasteiger partial charge in [-0.25, -0.2) is 0 Å². The maximum atomic E-state index is 12.8. The highest BCUT2D eigenvalue weighted by molar-refractivity contribution is 7.45. The van der Waals surface area contributed by atoms with Crippen molar-refractivity contribution in [2.24, 2.45) is 0 Å². The number of unbranched alkanes of at least 4 members (excludes halogenated alkanes) is 31. The van der Waals surface area contributed by atoms with E-state index in [1.165, 1.54) is 186 Å². The molecule has 0 fully saturated rings. The molecule has 0 aromatic heterocycles. The molecule has 0 N–H and O–H groups in total. The van der Waals surface area contributed by atoms with E-state index in [2.05, 4.69) is 86.8 Å². The first-order valence-electron chi connectivity index (χ1n) is 30.7. The minimum Gasteiger partial charge on any atom is -0.756 e. The number of phosphoric ester groups is 1. The van der Waals surface area contributed by atoms with Crippen LogP contribution >= 0.6 is 7.82 Å². The van der Waals surface area contributed by atoms with Crippen molar-refractivity contribution in [3.8, 4) is 0 Å². The second-order valence-corrected chi connectivity index (χ2v) is 23.1. The van der Waals surface area contributed by atoms with Crippen molar-refractivity contribution in [3.63, 3.8) is 0 Å². The molecule has 426 valence electrons. The van der Waals surface area contributed by atoms with Crippen LogP contribution in [0.5, 0.6) is 0 Å². The lowest BCUT2D eigenvalue weighted by atomic mass is 10.0. The van der Waals surface area contributed by atoms with Crippen LogP contribution in [0.25, 0.3) is 0 Å². The zero-order valence-electron chi connectivity index (χ0n) is 48.6. The number of carbonyl (C=O) groups excluding carboxylic acids is 1. The topological polar surface area (TPSA) is 94.1 Å². The summed E-state index contributed by atoms with van der Waals surface area (Å²) >= 11 is 0. The van der Waals surface area contributed by atoms with Crippen LogP contribution in [0.1, 0.15) is 271 Å². The second-order valence-electron chi connectivity index (χ2n) is 21.7. The number of nitrogens with zero attached hydrogens (tertiary/aromatic N) is 1. The Labute approximate surface area is 453 Å². The predicted molar refractivity (Wildman–Crippen MR) is 314 cm³/mol. The number of esters is 1. The SMILES string of the molecule is CC/C=C\C/C=C\C/C=C\C/C=C\CCCCCCCCCCCCCCC(=O)OC(COCCCCCCCCCCCCCCCC/C=C\C/C=C\CCCCCCC)COP(=O)([O-])OCC[N+](C)(C)C. The Bertz CT molecular complexity index is 1400. The lowest BCUT2D eigenvalue weighted by molar-refractivity contribution is -0.870. The molecular weight excluding hydrogens is 926 g/mol. The van der Waals surface area contributed by atoms with Gasteiger partial charge < -0.3 is 27.9 Å². The minimum atomic E-state index is -4.54. The summed E-state index contributed by atoms with van der Waals surface area (Å²) in [5.74, 6) is -0.334. The molecule has 2 atom stereocenters. The lowest BCUT2D eigenvalue weighted by Crippen LogP contribution is -2.37. The molecule has 0 saturated carbocycles. The molecular formula is C64H118NO7P. The summed E-state index contributed by atoms with van der Waals surface area (Å²) in [6.45, 7) is 5.32. The van der Waals surface area contributed by atoms with Gasteiger partial charge in [0.2, 0.25) is 0 Å². The van der Waals surface area contributed by atoms with E-state index in [0.29, 0.717) is 24.1 Å². The first-order chi connectivity index (χ1) is 35.6. The number of hydrogen-bond donors (Lipinski definition) is 0. The third-order valence-electron chi connectivity index (χ3n) is 13.2. The van der Waals surface area contributed by atoms with Gasteiger partial charge in [-0.1, -0.05) is 254 Å². The van der Waals surface area contributed by atoms with Crippen LogP contribution in [-0.2, 0) is 27.9 Å². The van der Waals surface area contributed by atoms with Crippen molar-refractivity contribution in [3.05, 3.63) is 72.9 Å². The molecule has 0 heterocycles. The Kier molecular flexibility index (Phi) is 54.6. The molecule has 0 saturated heterocycles. The zero-order valence-corrected chi connectivity index (χ0v) is 49.5. The molecule has 0 bridgehead atoms. The molecule has 0 aromatic rings. The molecule has 0 aliphatic heterocycles. The number of likely N-dealkylation sites (N-methyl/N-ethyl adjacent to an activating group) is 1. The molecule has 0 amide bonds. The van der Waals surface area contributed by atoms with E-state index in [0.717, 1.165) is 64.2 Å². The lowest BCUT2D eigenvalue weighted by Gasteiger charge is -2.28. The van der Waals surface area contributed by atoms with Crippen LogP contribution in [0.3, 0.4) is 0 Å². The molecule has 0 spiro atoms. The van der Waals surface area contributed by atoms with Crippen LogP contribution in [0.15, 0.2) is 72.9 Å². The summed E-state index contributed by atoms with van der Waals surface area (Å²) < 4.78 is 34.9. The molecule has 0 aromatic carbocycles. The zero-order chi connectivity index (χ0) is 53.3. The van der Waals surface area contributed by atoms with Crippen molar-refractivity contribution in [1.82, 2.24) is 0 Å². The Morgan fingerprint density at radius 2 is 0.795 bits per heavy atom. The number of phosphoric acid groups is 1. The molecule has 0 aliphatic rings. The van der Waals surface area contributed by atoms with E-state index < -0.39 is 13.9 Å². The molecule has 73 heavy (non-hydrogen) atoms. The fourth-order valence-electron chi connectivity index (χ4n) is 8.57. The van der Waals surface area contributed by atoms with E-state index in [1.54, 1.807) is 0 Å². The van der Waals surface area contributed by atoms with Crippen molar-refractivity contribution in [2.75, 3.05) is 54.1 Å². The quantitative estimate of drug-likeness (QED) is 0.0197. The second kappa shape index (κ2) is 56.2. The van der Waals surface area contributed by atoms with Crippen molar-refractivity contribution < 1.29 is 37.3 Å². The Morgan fingerprint density at radius 3 is 1.19 bits per heavy atom. The largest absolute Gasteiger partial charge is 0.756 e. The number of ether oxygens (including phenoxy) is 2. The first-order valence-corrected chi connectivity index (χ1v) is 32.1. The van der Waals surface area contributed by atoms with Crippen molar-refractivity contribution in [2.45, 2.75) is 277 Å². The molecule has 2 unspecified atom stereocenters. The van der Waals surface area contributed by atoms with Crippen LogP contribution < -0.4 is 4.89 Å². The number of rotatable bonds is 57. The van der Waals surface area contributed by atoms with Gasteiger partial charge in [-0.3, -0.25) is 9.36 Å². The van der Waals surface area contributed by atoms with Gasteiger partial charge in [0.05, 0.1) is 34.4 Å². The van der Waals surface area contributed by atoms with Crippen molar-refractivity contribution in [1.29, 1.82) is 0 Å². The molecule has 0 rings (SSSR count). The highest BCUT2D eigenvalue weighted by atomic mass is 31.2. The summed E-state index contributed by atoms with van der Waals surface area (Å²) in [5.41, 5.74) is 0. The summed E-state index contributed by atoms with van der Waals surface area (Å²) in [5, 5.41) is 0. The first kappa shape index (κ1) is 70.9. The Hall–Kier alpha value is -2.06. The number of carbonyl (C=O) groups is 1. The van der Waals surface area contributed by atoms with Crippen LogP contribution in [-0.4, -0.2) is 70.7 Å². The molecule has 9 heteroatoms.